The van der Waals surface area contributed by atoms with Crippen LogP contribution < -0.4 is 0 Å². The smallest absolute Gasteiger partial charge is 0.00557 e. The maximum absolute atomic E-state index is 4.21. The van der Waals surface area contributed by atoms with Crippen molar-refractivity contribution in [3.05, 3.63) is 84.6 Å². The molecule has 0 atom stereocenters. The summed E-state index contributed by atoms with van der Waals surface area (Å²) >= 11 is 0. The summed E-state index contributed by atoms with van der Waals surface area (Å²) in [7, 11) is 4.10. The van der Waals surface area contributed by atoms with E-state index in [2.05, 4.69) is 79.2 Å². The van der Waals surface area contributed by atoms with Gasteiger partial charge in [-0.15, -0.1) is 0 Å². The minimum absolute atomic E-state index is 1.03. The van der Waals surface area contributed by atoms with Crippen LogP contribution in [0.3, 0.4) is 0 Å². The number of hydrogen-bond acceptors (Lipinski definition) is 1. The van der Waals surface area contributed by atoms with Crippen LogP contribution in [0, 0.1) is 0 Å². The van der Waals surface area contributed by atoms with Crippen LogP contribution in [0.4, 0.5) is 0 Å². The van der Waals surface area contributed by atoms with Crippen molar-refractivity contribution in [3.8, 4) is 11.1 Å². The molecule has 0 aliphatic heterocycles. The third-order valence-electron chi connectivity index (χ3n) is 3.73. The molecule has 0 heterocycles. The number of rotatable bonds is 5. The molecule has 2 aromatic rings. The minimum atomic E-state index is 1.03. The van der Waals surface area contributed by atoms with Crippen LogP contribution in [0.2, 0.25) is 0 Å². The van der Waals surface area contributed by atoms with E-state index in [0.29, 0.717) is 0 Å². The second-order valence-corrected chi connectivity index (χ2v) is 5.89. The van der Waals surface area contributed by atoms with Crippen LogP contribution in [0.5, 0.6) is 0 Å². The van der Waals surface area contributed by atoms with Crippen LogP contribution in [0.1, 0.15) is 25.0 Å². The maximum Gasteiger partial charge on any atom is 0.00557 e. The van der Waals surface area contributed by atoms with E-state index in [1.165, 1.54) is 27.8 Å². The molecule has 0 spiro atoms. The van der Waals surface area contributed by atoms with E-state index in [0.717, 1.165) is 5.57 Å². The summed E-state index contributed by atoms with van der Waals surface area (Å²) in [5.41, 5.74) is 7.17. The Labute approximate surface area is 140 Å². The lowest BCUT2D eigenvalue weighted by atomic mass is 9.90. The zero-order chi connectivity index (χ0) is 16.8. The summed E-state index contributed by atoms with van der Waals surface area (Å²) in [6.45, 7) is 8.39. The molecule has 0 unspecified atom stereocenters. The topological polar surface area (TPSA) is 3.24 Å². The van der Waals surface area contributed by atoms with Crippen LogP contribution in [0.25, 0.3) is 22.3 Å². The van der Waals surface area contributed by atoms with Crippen LogP contribution in [-0.2, 0) is 0 Å². The molecular formula is C22H25N. The molecule has 23 heavy (non-hydrogen) atoms. The molecule has 0 saturated carbocycles. The third kappa shape index (κ3) is 4.01. The largest absolute Gasteiger partial charge is 0.383 e. The van der Waals surface area contributed by atoms with Crippen molar-refractivity contribution in [2.75, 3.05) is 14.1 Å². The van der Waals surface area contributed by atoms with Gasteiger partial charge in [-0.25, -0.2) is 0 Å². The lowest BCUT2D eigenvalue weighted by Gasteiger charge is -2.16. The first-order valence-electron chi connectivity index (χ1n) is 7.90. The Morgan fingerprint density at radius 3 is 2.00 bits per heavy atom. The molecule has 0 aromatic heterocycles. The third-order valence-corrected chi connectivity index (χ3v) is 3.73. The Morgan fingerprint density at radius 2 is 1.43 bits per heavy atom. The normalized spacial score (nSPS) is 11.7. The Morgan fingerprint density at radius 1 is 0.913 bits per heavy atom. The lowest BCUT2D eigenvalue weighted by molar-refractivity contribution is 0.565. The maximum atomic E-state index is 4.21. The van der Waals surface area contributed by atoms with E-state index in [4.69, 9.17) is 0 Å². The van der Waals surface area contributed by atoms with E-state index in [1.54, 1.807) is 0 Å². The molecule has 118 valence electrons. The van der Waals surface area contributed by atoms with E-state index in [-0.39, 0.29) is 0 Å². The van der Waals surface area contributed by atoms with Crippen molar-refractivity contribution in [1.29, 1.82) is 0 Å². The molecule has 0 radical (unpaired) electrons. The SMILES string of the molecule is C=C(/C=C\C)c1ccccc1-c1ccccc1/C(C)=C/N(C)C. The van der Waals surface area contributed by atoms with Crippen molar-refractivity contribution < 1.29 is 0 Å². The van der Waals surface area contributed by atoms with Gasteiger partial charge in [0.05, 0.1) is 0 Å². The van der Waals surface area contributed by atoms with Crippen molar-refractivity contribution in [2.45, 2.75) is 13.8 Å². The first kappa shape index (κ1) is 16.8. The quantitative estimate of drug-likeness (QED) is 0.625. The summed E-state index contributed by atoms with van der Waals surface area (Å²) in [4.78, 5) is 2.08. The van der Waals surface area contributed by atoms with Crippen molar-refractivity contribution in [3.63, 3.8) is 0 Å². The first-order chi connectivity index (χ1) is 11.0. The Hall–Kier alpha value is -2.54. The Kier molecular flexibility index (Phi) is 5.59. The molecule has 0 amide bonds. The fraction of sp³-hybridized carbons (Fsp3) is 0.182. The molecule has 0 saturated heterocycles. The predicted octanol–water partition coefficient (Wildman–Crippen LogP) is 5.87. The summed E-state index contributed by atoms with van der Waals surface area (Å²) in [5, 5.41) is 0. The van der Waals surface area contributed by atoms with Gasteiger partial charge in [-0.3, -0.25) is 0 Å². The summed E-state index contributed by atoms with van der Waals surface area (Å²) < 4.78 is 0. The number of allylic oxidation sites excluding steroid dienone is 4. The minimum Gasteiger partial charge on any atom is -0.383 e. The summed E-state index contributed by atoms with van der Waals surface area (Å²) in [6, 6.07) is 17.0. The highest BCUT2D eigenvalue weighted by Gasteiger charge is 2.11. The summed E-state index contributed by atoms with van der Waals surface area (Å²) in [6.07, 6.45) is 6.24. The van der Waals surface area contributed by atoms with Gasteiger partial charge in [0.1, 0.15) is 0 Å². The zero-order valence-electron chi connectivity index (χ0n) is 14.5. The molecule has 2 rings (SSSR count). The number of nitrogens with zero attached hydrogens (tertiary/aromatic N) is 1. The standard InChI is InChI=1S/C22H25N/c1-6-11-17(2)19-12-7-9-14-21(19)22-15-10-8-13-20(22)18(3)16-23(4)5/h6-16H,2H2,1,3-5H3/b11-6-,18-16+. The first-order valence-corrected chi connectivity index (χ1v) is 7.90. The van der Waals surface area contributed by atoms with Gasteiger partial charge >= 0.3 is 0 Å². The van der Waals surface area contributed by atoms with Crippen molar-refractivity contribution in [2.24, 2.45) is 0 Å². The van der Waals surface area contributed by atoms with Gasteiger partial charge in [0.25, 0.3) is 0 Å². The Balaban J connectivity index is 2.63. The zero-order valence-corrected chi connectivity index (χ0v) is 14.5. The van der Waals surface area contributed by atoms with E-state index < -0.39 is 0 Å². The molecular weight excluding hydrogens is 278 g/mol. The second kappa shape index (κ2) is 7.64. The lowest BCUT2D eigenvalue weighted by Crippen LogP contribution is -2.02. The van der Waals surface area contributed by atoms with Gasteiger partial charge < -0.3 is 4.90 Å². The van der Waals surface area contributed by atoms with Gasteiger partial charge in [-0.05, 0) is 47.2 Å². The average molecular weight is 303 g/mol. The van der Waals surface area contributed by atoms with Gasteiger partial charge in [0.15, 0.2) is 0 Å². The molecule has 1 nitrogen and oxygen atoms in total. The predicted molar refractivity (Wildman–Crippen MR) is 103 cm³/mol. The van der Waals surface area contributed by atoms with E-state index in [1.807, 2.05) is 27.1 Å². The monoisotopic (exact) mass is 303 g/mol. The Bertz CT molecular complexity index is 748. The van der Waals surface area contributed by atoms with E-state index in [9.17, 15) is 0 Å². The van der Waals surface area contributed by atoms with Gasteiger partial charge in [0.2, 0.25) is 0 Å². The summed E-state index contributed by atoms with van der Waals surface area (Å²) in [5.74, 6) is 0. The van der Waals surface area contributed by atoms with Gasteiger partial charge in [-0.2, -0.15) is 0 Å². The van der Waals surface area contributed by atoms with Crippen LogP contribution in [0.15, 0.2) is 73.5 Å². The molecule has 0 fully saturated rings. The molecule has 0 aliphatic carbocycles. The van der Waals surface area contributed by atoms with Crippen LogP contribution >= 0.6 is 0 Å². The van der Waals surface area contributed by atoms with Crippen LogP contribution in [-0.4, -0.2) is 19.0 Å². The van der Waals surface area contributed by atoms with Crippen molar-refractivity contribution >= 4 is 11.1 Å². The number of benzene rings is 2. The molecule has 2 aromatic carbocycles. The molecule has 0 N–H and O–H groups in total. The fourth-order valence-electron chi connectivity index (χ4n) is 2.81. The fourth-order valence-corrected chi connectivity index (χ4v) is 2.81. The van der Waals surface area contributed by atoms with Crippen molar-refractivity contribution in [1.82, 2.24) is 4.90 Å². The second-order valence-electron chi connectivity index (χ2n) is 5.89. The molecule has 0 aliphatic rings. The van der Waals surface area contributed by atoms with E-state index >= 15 is 0 Å². The highest BCUT2D eigenvalue weighted by Crippen LogP contribution is 2.34. The van der Waals surface area contributed by atoms with Gasteiger partial charge in [-0.1, -0.05) is 67.3 Å². The number of hydrogen-bond donors (Lipinski definition) is 0. The highest BCUT2D eigenvalue weighted by molar-refractivity contribution is 5.89. The van der Waals surface area contributed by atoms with Gasteiger partial charge in [0, 0.05) is 20.3 Å². The average Bonchev–Trinajstić information content (AvgIpc) is 2.54. The molecule has 0 bridgehead atoms. The highest BCUT2D eigenvalue weighted by atomic mass is 15.0. The molecule has 1 heteroatoms.